The molecule has 1 aromatic carbocycles. The molecule has 5 nitrogen and oxygen atoms in total. The molecule has 0 aliphatic rings. The summed E-state index contributed by atoms with van der Waals surface area (Å²) in [6.45, 7) is 3.92. The van der Waals surface area contributed by atoms with Crippen LogP contribution >= 0.6 is 0 Å². The van der Waals surface area contributed by atoms with E-state index in [1.807, 2.05) is 6.92 Å². The van der Waals surface area contributed by atoms with Gasteiger partial charge in [0.1, 0.15) is 0 Å². The predicted molar refractivity (Wildman–Crippen MR) is 69.0 cm³/mol. The number of anilines is 2. The highest BCUT2D eigenvalue weighted by Gasteiger charge is 2.00. The average Bonchev–Trinajstić information content (AvgIpc) is 2.32. The summed E-state index contributed by atoms with van der Waals surface area (Å²) in [6, 6.07) is 6.78. The van der Waals surface area contributed by atoms with Crippen LogP contribution in [0.15, 0.2) is 24.3 Å². The standard InChI is InChI=1S/C12H19N3O2/c1-2-17-9-3-8-14-12(16)15-11-6-4-10(13)5-7-11/h4-7H,2-3,8-9,13H2,1H3,(H2,14,15,16). The largest absolute Gasteiger partial charge is 0.399 e. The van der Waals surface area contributed by atoms with Crippen molar-refractivity contribution in [2.45, 2.75) is 13.3 Å². The van der Waals surface area contributed by atoms with Gasteiger partial charge in [-0.2, -0.15) is 0 Å². The summed E-state index contributed by atoms with van der Waals surface area (Å²) in [5.74, 6) is 0. The van der Waals surface area contributed by atoms with E-state index in [0.29, 0.717) is 25.4 Å². The van der Waals surface area contributed by atoms with Crippen LogP contribution in [0.4, 0.5) is 16.2 Å². The lowest BCUT2D eigenvalue weighted by Crippen LogP contribution is -2.30. The van der Waals surface area contributed by atoms with Crippen LogP contribution in [0, 0.1) is 0 Å². The lowest BCUT2D eigenvalue weighted by atomic mass is 10.3. The number of carbonyl (C=O) groups excluding carboxylic acids is 1. The molecule has 0 saturated carbocycles. The van der Waals surface area contributed by atoms with Crippen molar-refractivity contribution in [1.29, 1.82) is 0 Å². The van der Waals surface area contributed by atoms with Gasteiger partial charge in [0.15, 0.2) is 0 Å². The zero-order valence-corrected chi connectivity index (χ0v) is 10.0. The predicted octanol–water partition coefficient (Wildman–Crippen LogP) is 1.82. The molecule has 0 aliphatic carbocycles. The van der Waals surface area contributed by atoms with Gasteiger partial charge in [-0.15, -0.1) is 0 Å². The van der Waals surface area contributed by atoms with Crippen molar-refractivity contribution in [2.24, 2.45) is 0 Å². The fourth-order valence-corrected chi connectivity index (χ4v) is 1.26. The van der Waals surface area contributed by atoms with E-state index >= 15 is 0 Å². The highest BCUT2D eigenvalue weighted by atomic mass is 16.5. The Kier molecular flexibility index (Phi) is 5.88. The number of hydrogen-bond donors (Lipinski definition) is 3. The lowest BCUT2D eigenvalue weighted by molar-refractivity contribution is 0.145. The third-order valence-corrected chi connectivity index (χ3v) is 2.12. The van der Waals surface area contributed by atoms with Gasteiger partial charge in [0.2, 0.25) is 0 Å². The maximum atomic E-state index is 11.4. The first-order chi connectivity index (χ1) is 8.22. The molecule has 1 aromatic rings. The van der Waals surface area contributed by atoms with Crippen molar-refractivity contribution in [3.05, 3.63) is 24.3 Å². The molecule has 1 rings (SSSR count). The third-order valence-electron chi connectivity index (χ3n) is 2.12. The number of rotatable bonds is 6. The van der Waals surface area contributed by atoms with E-state index in [1.54, 1.807) is 24.3 Å². The van der Waals surface area contributed by atoms with Crippen LogP contribution < -0.4 is 16.4 Å². The van der Waals surface area contributed by atoms with Crippen molar-refractivity contribution < 1.29 is 9.53 Å². The van der Waals surface area contributed by atoms with Crippen LogP contribution in [0.5, 0.6) is 0 Å². The Morgan fingerprint density at radius 1 is 1.35 bits per heavy atom. The van der Waals surface area contributed by atoms with E-state index in [2.05, 4.69) is 10.6 Å². The zero-order chi connectivity index (χ0) is 12.5. The Balaban J connectivity index is 2.18. The summed E-state index contributed by atoms with van der Waals surface area (Å²) in [7, 11) is 0. The molecule has 4 N–H and O–H groups in total. The van der Waals surface area contributed by atoms with Crippen molar-refractivity contribution >= 4 is 17.4 Å². The summed E-state index contributed by atoms with van der Waals surface area (Å²) in [5, 5.41) is 5.46. The van der Waals surface area contributed by atoms with Gasteiger partial charge in [-0.3, -0.25) is 0 Å². The molecule has 94 valence electrons. The van der Waals surface area contributed by atoms with Crippen molar-refractivity contribution in [3.8, 4) is 0 Å². The number of hydrogen-bond acceptors (Lipinski definition) is 3. The van der Waals surface area contributed by atoms with Crippen LogP contribution in [0.1, 0.15) is 13.3 Å². The minimum Gasteiger partial charge on any atom is -0.399 e. The fraction of sp³-hybridized carbons (Fsp3) is 0.417. The van der Waals surface area contributed by atoms with Gasteiger partial charge in [-0.1, -0.05) is 0 Å². The lowest BCUT2D eigenvalue weighted by Gasteiger charge is -2.07. The van der Waals surface area contributed by atoms with Gasteiger partial charge in [-0.25, -0.2) is 4.79 Å². The fourth-order valence-electron chi connectivity index (χ4n) is 1.26. The molecule has 0 spiro atoms. The Morgan fingerprint density at radius 3 is 2.71 bits per heavy atom. The number of amides is 2. The molecule has 0 saturated heterocycles. The Bertz CT molecular complexity index is 338. The summed E-state index contributed by atoms with van der Waals surface area (Å²) in [6.07, 6.45) is 0.809. The molecule has 0 heterocycles. The van der Waals surface area contributed by atoms with Crippen molar-refractivity contribution in [3.63, 3.8) is 0 Å². The number of ether oxygens (including phenoxy) is 1. The second kappa shape index (κ2) is 7.51. The second-order valence-electron chi connectivity index (χ2n) is 3.55. The molecule has 0 unspecified atom stereocenters. The quantitative estimate of drug-likeness (QED) is 0.521. The van der Waals surface area contributed by atoms with E-state index in [0.717, 1.165) is 12.1 Å². The van der Waals surface area contributed by atoms with E-state index in [9.17, 15) is 4.79 Å². The minimum atomic E-state index is -0.216. The number of carbonyl (C=O) groups is 1. The number of urea groups is 1. The first-order valence-corrected chi connectivity index (χ1v) is 5.70. The molecule has 0 bridgehead atoms. The second-order valence-corrected chi connectivity index (χ2v) is 3.55. The molecule has 0 atom stereocenters. The van der Waals surface area contributed by atoms with Crippen molar-refractivity contribution in [1.82, 2.24) is 5.32 Å². The van der Waals surface area contributed by atoms with E-state index in [1.165, 1.54) is 0 Å². The van der Waals surface area contributed by atoms with Crippen LogP contribution in [0.25, 0.3) is 0 Å². The van der Waals surface area contributed by atoms with E-state index < -0.39 is 0 Å². The van der Waals surface area contributed by atoms with E-state index in [-0.39, 0.29) is 6.03 Å². The molecule has 0 aliphatic heterocycles. The normalized spacial score (nSPS) is 9.94. The molecule has 0 aromatic heterocycles. The summed E-state index contributed by atoms with van der Waals surface area (Å²) in [4.78, 5) is 11.4. The van der Waals surface area contributed by atoms with Gasteiger partial charge in [0, 0.05) is 31.1 Å². The molecule has 5 heteroatoms. The molecular weight excluding hydrogens is 218 g/mol. The molecule has 2 amide bonds. The molecule has 0 fully saturated rings. The zero-order valence-electron chi connectivity index (χ0n) is 10.0. The van der Waals surface area contributed by atoms with Crippen LogP contribution in [0.2, 0.25) is 0 Å². The first-order valence-electron chi connectivity index (χ1n) is 5.70. The Morgan fingerprint density at radius 2 is 2.06 bits per heavy atom. The number of nitrogens with one attached hydrogen (secondary N) is 2. The average molecular weight is 237 g/mol. The first kappa shape index (κ1) is 13.3. The van der Waals surface area contributed by atoms with Gasteiger partial charge in [0.05, 0.1) is 0 Å². The Hall–Kier alpha value is -1.75. The van der Waals surface area contributed by atoms with Crippen LogP contribution in [-0.2, 0) is 4.74 Å². The van der Waals surface area contributed by atoms with Gasteiger partial charge in [-0.05, 0) is 37.6 Å². The summed E-state index contributed by atoms with van der Waals surface area (Å²) in [5.41, 5.74) is 6.94. The SMILES string of the molecule is CCOCCCNC(=O)Nc1ccc(N)cc1. The highest BCUT2D eigenvalue weighted by Crippen LogP contribution is 2.09. The van der Waals surface area contributed by atoms with E-state index in [4.69, 9.17) is 10.5 Å². The van der Waals surface area contributed by atoms with Crippen molar-refractivity contribution in [2.75, 3.05) is 30.8 Å². The maximum absolute atomic E-state index is 11.4. The maximum Gasteiger partial charge on any atom is 0.319 e. The number of nitrogens with two attached hydrogens (primary N) is 1. The Labute approximate surface area is 101 Å². The topological polar surface area (TPSA) is 76.4 Å². The number of benzene rings is 1. The van der Waals surface area contributed by atoms with Crippen LogP contribution in [0.3, 0.4) is 0 Å². The van der Waals surface area contributed by atoms with Gasteiger partial charge in [0.25, 0.3) is 0 Å². The summed E-state index contributed by atoms with van der Waals surface area (Å²) >= 11 is 0. The van der Waals surface area contributed by atoms with Gasteiger partial charge < -0.3 is 21.1 Å². The number of nitrogen functional groups attached to an aromatic ring is 1. The molecule has 17 heavy (non-hydrogen) atoms. The monoisotopic (exact) mass is 237 g/mol. The van der Waals surface area contributed by atoms with Gasteiger partial charge >= 0.3 is 6.03 Å². The molecule has 0 radical (unpaired) electrons. The minimum absolute atomic E-state index is 0.216. The third kappa shape index (κ3) is 5.77. The highest BCUT2D eigenvalue weighted by molar-refractivity contribution is 5.89. The van der Waals surface area contributed by atoms with Crippen LogP contribution in [-0.4, -0.2) is 25.8 Å². The smallest absolute Gasteiger partial charge is 0.319 e. The summed E-state index contributed by atoms with van der Waals surface area (Å²) < 4.78 is 5.16. The molecular formula is C12H19N3O2.